The first-order valence-corrected chi connectivity index (χ1v) is 7.53. The molecule has 2 rings (SSSR count). The highest BCUT2D eigenvalue weighted by atomic mass is 16.5. The number of nitrogens with zero attached hydrogens (tertiary/aromatic N) is 1. The molecule has 19 heavy (non-hydrogen) atoms. The Bertz CT molecular complexity index is 344. The van der Waals surface area contributed by atoms with Crippen molar-refractivity contribution in [2.24, 2.45) is 0 Å². The van der Waals surface area contributed by atoms with E-state index in [0.29, 0.717) is 0 Å². The minimum atomic E-state index is 0.799. The van der Waals surface area contributed by atoms with E-state index in [-0.39, 0.29) is 0 Å². The van der Waals surface area contributed by atoms with E-state index in [2.05, 4.69) is 41.4 Å². The SMILES string of the molecule is CCCNCc1ccc(OCCN2CCCC2)cc1. The lowest BCUT2D eigenvalue weighted by molar-refractivity contribution is 0.238. The number of rotatable bonds is 8. The van der Waals surface area contributed by atoms with Crippen molar-refractivity contribution in [2.75, 3.05) is 32.8 Å². The molecule has 1 heterocycles. The van der Waals surface area contributed by atoms with Crippen LogP contribution in [0, 0.1) is 0 Å². The van der Waals surface area contributed by atoms with E-state index < -0.39 is 0 Å². The van der Waals surface area contributed by atoms with Gasteiger partial charge in [0.2, 0.25) is 0 Å². The maximum atomic E-state index is 5.79. The van der Waals surface area contributed by atoms with Gasteiger partial charge in [-0.05, 0) is 56.6 Å². The van der Waals surface area contributed by atoms with E-state index >= 15 is 0 Å². The lowest BCUT2D eigenvalue weighted by atomic mass is 10.2. The van der Waals surface area contributed by atoms with Crippen LogP contribution in [0.15, 0.2) is 24.3 Å². The lowest BCUT2D eigenvalue weighted by Crippen LogP contribution is -2.25. The molecule has 0 spiro atoms. The van der Waals surface area contributed by atoms with E-state index in [0.717, 1.165) is 32.0 Å². The van der Waals surface area contributed by atoms with E-state index in [1.165, 1.54) is 37.9 Å². The van der Waals surface area contributed by atoms with Crippen molar-refractivity contribution in [2.45, 2.75) is 32.7 Å². The van der Waals surface area contributed by atoms with Crippen LogP contribution in [0.25, 0.3) is 0 Å². The molecule has 1 N–H and O–H groups in total. The summed E-state index contributed by atoms with van der Waals surface area (Å²) in [6.07, 6.45) is 3.87. The number of hydrogen-bond donors (Lipinski definition) is 1. The fourth-order valence-electron chi connectivity index (χ4n) is 2.41. The minimum absolute atomic E-state index is 0.799. The van der Waals surface area contributed by atoms with Crippen molar-refractivity contribution < 1.29 is 4.74 Å². The average molecular weight is 262 g/mol. The summed E-state index contributed by atoms with van der Waals surface area (Å²) >= 11 is 0. The number of nitrogens with one attached hydrogen (secondary N) is 1. The zero-order chi connectivity index (χ0) is 13.3. The largest absolute Gasteiger partial charge is 0.492 e. The minimum Gasteiger partial charge on any atom is -0.492 e. The molecule has 1 aliphatic rings. The van der Waals surface area contributed by atoms with Crippen LogP contribution < -0.4 is 10.1 Å². The smallest absolute Gasteiger partial charge is 0.119 e. The highest BCUT2D eigenvalue weighted by molar-refractivity contribution is 5.27. The number of ether oxygens (including phenoxy) is 1. The van der Waals surface area contributed by atoms with Gasteiger partial charge in [-0.15, -0.1) is 0 Å². The highest BCUT2D eigenvalue weighted by Gasteiger charge is 2.10. The molecule has 0 aromatic heterocycles. The van der Waals surface area contributed by atoms with E-state index in [9.17, 15) is 0 Å². The molecule has 1 fully saturated rings. The molecule has 3 heteroatoms. The van der Waals surface area contributed by atoms with Gasteiger partial charge in [0.15, 0.2) is 0 Å². The number of likely N-dealkylation sites (tertiary alicyclic amines) is 1. The monoisotopic (exact) mass is 262 g/mol. The van der Waals surface area contributed by atoms with Crippen LogP contribution in [0.2, 0.25) is 0 Å². The van der Waals surface area contributed by atoms with Crippen molar-refractivity contribution in [1.29, 1.82) is 0 Å². The van der Waals surface area contributed by atoms with Gasteiger partial charge in [-0.25, -0.2) is 0 Å². The summed E-state index contributed by atoms with van der Waals surface area (Å²) in [6, 6.07) is 8.45. The summed E-state index contributed by atoms with van der Waals surface area (Å²) in [5, 5.41) is 3.40. The summed E-state index contributed by atoms with van der Waals surface area (Å²) in [5.41, 5.74) is 1.32. The second-order valence-electron chi connectivity index (χ2n) is 5.22. The molecule has 0 bridgehead atoms. The molecule has 0 radical (unpaired) electrons. The summed E-state index contributed by atoms with van der Waals surface area (Å²) in [5.74, 6) is 0.985. The molecule has 0 amide bonds. The van der Waals surface area contributed by atoms with Crippen LogP contribution in [0.5, 0.6) is 5.75 Å². The molecular formula is C16H26N2O. The van der Waals surface area contributed by atoms with Gasteiger partial charge in [-0.1, -0.05) is 19.1 Å². The molecule has 1 aromatic carbocycles. The summed E-state index contributed by atoms with van der Waals surface area (Å²) in [4.78, 5) is 2.48. The molecule has 0 atom stereocenters. The number of hydrogen-bond acceptors (Lipinski definition) is 3. The number of benzene rings is 1. The Balaban J connectivity index is 1.66. The molecule has 1 aliphatic heterocycles. The fourth-order valence-corrected chi connectivity index (χ4v) is 2.41. The van der Waals surface area contributed by atoms with Crippen molar-refractivity contribution >= 4 is 0 Å². The fraction of sp³-hybridized carbons (Fsp3) is 0.625. The Labute approximate surface area is 116 Å². The Kier molecular flexibility index (Phi) is 6.18. The van der Waals surface area contributed by atoms with E-state index in [4.69, 9.17) is 4.74 Å². The zero-order valence-electron chi connectivity index (χ0n) is 12.0. The molecule has 0 aliphatic carbocycles. The first-order chi connectivity index (χ1) is 9.38. The predicted octanol–water partition coefficient (Wildman–Crippen LogP) is 2.66. The quantitative estimate of drug-likeness (QED) is 0.729. The van der Waals surface area contributed by atoms with Crippen LogP contribution >= 0.6 is 0 Å². The van der Waals surface area contributed by atoms with Gasteiger partial charge in [0.1, 0.15) is 12.4 Å². The average Bonchev–Trinajstić information content (AvgIpc) is 2.94. The van der Waals surface area contributed by atoms with Crippen LogP contribution in [0.3, 0.4) is 0 Å². The predicted molar refractivity (Wildman–Crippen MR) is 79.6 cm³/mol. The maximum Gasteiger partial charge on any atom is 0.119 e. The Morgan fingerprint density at radius 1 is 1.16 bits per heavy atom. The van der Waals surface area contributed by atoms with Crippen molar-refractivity contribution in [3.63, 3.8) is 0 Å². The van der Waals surface area contributed by atoms with Crippen molar-refractivity contribution in [1.82, 2.24) is 10.2 Å². The topological polar surface area (TPSA) is 24.5 Å². The maximum absolute atomic E-state index is 5.79. The van der Waals surface area contributed by atoms with Crippen molar-refractivity contribution in [3.05, 3.63) is 29.8 Å². The third-order valence-corrected chi connectivity index (χ3v) is 3.55. The van der Waals surface area contributed by atoms with Gasteiger partial charge in [0.05, 0.1) is 0 Å². The van der Waals surface area contributed by atoms with Crippen molar-refractivity contribution in [3.8, 4) is 5.75 Å². The Morgan fingerprint density at radius 2 is 1.89 bits per heavy atom. The van der Waals surface area contributed by atoms with Gasteiger partial charge in [-0.3, -0.25) is 4.90 Å². The first kappa shape index (κ1) is 14.4. The first-order valence-electron chi connectivity index (χ1n) is 7.53. The second kappa shape index (κ2) is 8.18. The molecule has 0 unspecified atom stereocenters. The standard InChI is InChI=1S/C16H26N2O/c1-2-9-17-14-15-5-7-16(8-6-15)19-13-12-18-10-3-4-11-18/h5-8,17H,2-4,9-14H2,1H3. The zero-order valence-corrected chi connectivity index (χ0v) is 12.0. The lowest BCUT2D eigenvalue weighted by Gasteiger charge is -2.15. The van der Waals surface area contributed by atoms with Gasteiger partial charge in [0.25, 0.3) is 0 Å². The van der Waals surface area contributed by atoms with E-state index in [1.54, 1.807) is 0 Å². The summed E-state index contributed by atoms with van der Waals surface area (Å²) in [7, 11) is 0. The van der Waals surface area contributed by atoms with Crippen LogP contribution in [0.4, 0.5) is 0 Å². The van der Waals surface area contributed by atoms with Crippen LogP contribution in [0.1, 0.15) is 31.7 Å². The molecule has 1 aromatic rings. The van der Waals surface area contributed by atoms with Gasteiger partial charge in [0, 0.05) is 13.1 Å². The Morgan fingerprint density at radius 3 is 2.58 bits per heavy atom. The summed E-state index contributed by atoms with van der Waals surface area (Å²) < 4.78 is 5.79. The third kappa shape index (κ3) is 5.21. The summed E-state index contributed by atoms with van der Waals surface area (Å²) in [6.45, 7) is 8.55. The van der Waals surface area contributed by atoms with Crippen LogP contribution in [-0.2, 0) is 6.54 Å². The second-order valence-corrected chi connectivity index (χ2v) is 5.22. The van der Waals surface area contributed by atoms with Crippen LogP contribution in [-0.4, -0.2) is 37.7 Å². The third-order valence-electron chi connectivity index (χ3n) is 3.55. The van der Waals surface area contributed by atoms with Gasteiger partial charge >= 0.3 is 0 Å². The van der Waals surface area contributed by atoms with Gasteiger partial charge in [-0.2, -0.15) is 0 Å². The molecule has 106 valence electrons. The molecular weight excluding hydrogens is 236 g/mol. The molecule has 3 nitrogen and oxygen atoms in total. The Hall–Kier alpha value is -1.06. The normalized spacial score (nSPS) is 15.8. The highest BCUT2D eigenvalue weighted by Crippen LogP contribution is 2.13. The molecule has 0 saturated carbocycles. The van der Waals surface area contributed by atoms with Gasteiger partial charge < -0.3 is 10.1 Å². The van der Waals surface area contributed by atoms with E-state index in [1.807, 2.05) is 0 Å². The molecule has 1 saturated heterocycles.